The highest BCUT2D eigenvalue weighted by atomic mass is 32.2. The van der Waals surface area contributed by atoms with Gasteiger partial charge in [0.1, 0.15) is 0 Å². The number of hydrogen-bond acceptors (Lipinski definition) is 3. The van der Waals surface area contributed by atoms with Gasteiger partial charge in [0.15, 0.2) is 0 Å². The molecule has 2 rings (SSSR count). The van der Waals surface area contributed by atoms with E-state index in [1.807, 2.05) is 13.8 Å². The van der Waals surface area contributed by atoms with E-state index in [4.69, 9.17) is 0 Å². The Bertz CT molecular complexity index is 381. The number of nitrogens with zero attached hydrogens (tertiary/aromatic N) is 2. The van der Waals surface area contributed by atoms with Crippen molar-refractivity contribution < 1.29 is 8.42 Å². The lowest BCUT2D eigenvalue weighted by Gasteiger charge is -2.38. The fourth-order valence-corrected chi connectivity index (χ4v) is 5.26. The molecule has 0 saturated carbocycles. The molecule has 0 radical (unpaired) electrons. The molecule has 0 aromatic rings. The first-order valence-electron chi connectivity index (χ1n) is 8.05. The first kappa shape index (κ1) is 16.2. The summed E-state index contributed by atoms with van der Waals surface area (Å²) >= 11 is 0. The van der Waals surface area contributed by atoms with Gasteiger partial charge in [0.2, 0.25) is 0 Å². The van der Waals surface area contributed by atoms with Crippen molar-refractivity contribution in [2.24, 2.45) is 11.8 Å². The van der Waals surface area contributed by atoms with Gasteiger partial charge in [0, 0.05) is 26.2 Å². The molecule has 2 heterocycles. The Labute approximate surface area is 123 Å². The lowest BCUT2D eigenvalue weighted by atomic mass is 9.79. The van der Waals surface area contributed by atoms with Gasteiger partial charge < -0.3 is 5.32 Å². The molecule has 2 fully saturated rings. The summed E-state index contributed by atoms with van der Waals surface area (Å²) in [6.07, 6.45) is 4.58. The van der Waals surface area contributed by atoms with Crippen LogP contribution in [-0.4, -0.2) is 56.3 Å². The van der Waals surface area contributed by atoms with Crippen LogP contribution in [0.3, 0.4) is 0 Å². The molecule has 2 aliphatic heterocycles. The summed E-state index contributed by atoms with van der Waals surface area (Å²) in [4.78, 5) is 0. The summed E-state index contributed by atoms with van der Waals surface area (Å²) in [5.74, 6) is 1.52. The van der Waals surface area contributed by atoms with E-state index in [0.717, 1.165) is 37.8 Å². The second-order valence-electron chi connectivity index (χ2n) is 5.92. The second kappa shape index (κ2) is 7.20. The molecule has 0 aromatic carbocycles. The maximum atomic E-state index is 12.5. The van der Waals surface area contributed by atoms with Crippen molar-refractivity contribution in [1.29, 1.82) is 0 Å². The molecule has 0 aromatic heterocycles. The summed E-state index contributed by atoms with van der Waals surface area (Å²) in [6, 6.07) is 0. The maximum Gasteiger partial charge on any atom is 0.281 e. The third-order valence-electron chi connectivity index (χ3n) is 4.91. The number of nitrogens with one attached hydrogen (secondary N) is 1. The van der Waals surface area contributed by atoms with Crippen LogP contribution in [0, 0.1) is 11.8 Å². The summed E-state index contributed by atoms with van der Waals surface area (Å²) in [7, 11) is -3.22. The van der Waals surface area contributed by atoms with Crippen molar-refractivity contribution in [3.05, 3.63) is 0 Å². The van der Waals surface area contributed by atoms with Gasteiger partial charge in [-0.15, -0.1) is 0 Å². The molecule has 0 atom stereocenters. The highest BCUT2D eigenvalue weighted by Crippen LogP contribution is 2.31. The van der Waals surface area contributed by atoms with E-state index in [9.17, 15) is 8.42 Å². The SMILES string of the molecule is CCN(CC)S(=O)(=O)N1CCC(C2CCNCC2)CC1. The Morgan fingerprint density at radius 2 is 1.50 bits per heavy atom. The third kappa shape index (κ3) is 3.53. The van der Waals surface area contributed by atoms with Crippen LogP contribution in [0.25, 0.3) is 0 Å². The van der Waals surface area contributed by atoms with Gasteiger partial charge in [-0.3, -0.25) is 0 Å². The van der Waals surface area contributed by atoms with E-state index in [0.29, 0.717) is 26.2 Å². The van der Waals surface area contributed by atoms with E-state index >= 15 is 0 Å². The highest BCUT2D eigenvalue weighted by Gasteiger charge is 2.34. The molecular weight excluding hydrogens is 274 g/mol. The van der Waals surface area contributed by atoms with Gasteiger partial charge in [-0.1, -0.05) is 13.8 Å². The predicted octanol–water partition coefficient (Wildman–Crippen LogP) is 1.28. The average molecular weight is 303 g/mol. The van der Waals surface area contributed by atoms with Crippen LogP contribution in [0.1, 0.15) is 39.5 Å². The largest absolute Gasteiger partial charge is 0.317 e. The zero-order chi connectivity index (χ0) is 14.6. The number of piperidine rings is 2. The van der Waals surface area contributed by atoms with E-state index < -0.39 is 10.2 Å². The Kier molecular flexibility index (Phi) is 5.84. The predicted molar refractivity (Wildman–Crippen MR) is 81.7 cm³/mol. The van der Waals surface area contributed by atoms with Crippen LogP contribution in [-0.2, 0) is 10.2 Å². The van der Waals surface area contributed by atoms with E-state index in [1.165, 1.54) is 12.8 Å². The number of rotatable bonds is 5. The van der Waals surface area contributed by atoms with Crippen molar-refractivity contribution in [2.45, 2.75) is 39.5 Å². The van der Waals surface area contributed by atoms with Gasteiger partial charge in [-0.25, -0.2) is 0 Å². The van der Waals surface area contributed by atoms with Gasteiger partial charge in [-0.2, -0.15) is 17.0 Å². The van der Waals surface area contributed by atoms with E-state index in [-0.39, 0.29) is 0 Å². The summed E-state index contributed by atoms with van der Waals surface area (Å²) in [5.41, 5.74) is 0. The zero-order valence-electron chi connectivity index (χ0n) is 12.8. The molecule has 5 nitrogen and oxygen atoms in total. The summed E-state index contributed by atoms with van der Waals surface area (Å²) in [6.45, 7) is 8.60. The van der Waals surface area contributed by atoms with Crippen LogP contribution in [0.2, 0.25) is 0 Å². The topological polar surface area (TPSA) is 52.7 Å². The molecule has 2 saturated heterocycles. The van der Waals surface area contributed by atoms with Crippen LogP contribution in [0.4, 0.5) is 0 Å². The minimum atomic E-state index is -3.22. The second-order valence-corrected chi connectivity index (χ2v) is 7.84. The molecule has 0 spiro atoms. The Hall–Kier alpha value is -0.170. The van der Waals surface area contributed by atoms with Gasteiger partial charge in [0.25, 0.3) is 10.2 Å². The van der Waals surface area contributed by atoms with Crippen molar-refractivity contribution in [2.75, 3.05) is 39.3 Å². The third-order valence-corrected chi connectivity index (χ3v) is 7.09. The normalized spacial score (nSPS) is 24.4. The molecule has 0 amide bonds. The maximum absolute atomic E-state index is 12.5. The van der Waals surface area contributed by atoms with Crippen molar-refractivity contribution >= 4 is 10.2 Å². The average Bonchev–Trinajstić information content (AvgIpc) is 2.49. The molecule has 0 aliphatic carbocycles. The van der Waals surface area contributed by atoms with Crippen molar-refractivity contribution in [1.82, 2.24) is 13.9 Å². The fourth-order valence-electron chi connectivity index (χ4n) is 3.61. The Balaban J connectivity index is 1.90. The monoisotopic (exact) mass is 303 g/mol. The smallest absolute Gasteiger partial charge is 0.281 e. The van der Waals surface area contributed by atoms with Crippen molar-refractivity contribution in [3.63, 3.8) is 0 Å². The molecule has 2 aliphatic rings. The fraction of sp³-hybridized carbons (Fsp3) is 1.00. The molecular formula is C14H29N3O2S. The highest BCUT2D eigenvalue weighted by molar-refractivity contribution is 7.86. The Morgan fingerprint density at radius 3 is 2.00 bits per heavy atom. The van der Waals surface area contributed by atoms with Gasteiger partial charge in [0.05, 0.1) is 0 Å². The van der Waals surface area contributed by atoms with Crippen LogP contribution in [0.15, 0.2) is 0 Å². The molecule has 20 heavy (non-hydrogen) atoms. The quantitative estimate of drug-likeness (QED) is 0.832. The molecule has 6 heteroatoms. The van der Waals surface area contributed by atoms with Crippen molar-refractivity contribution in [3.8, 4) is 0 Å². The van der Waals surface area contributed by atoms with Crippen LogP contribution < -0.4 is 5.32 Å². The van der Waals surface area contributed by atoms with E-state index in [1.54, 1.807) is 8.61 Å². The molecule has 0 unspecified atom stereocenters. The summed E-state index contributed by atoms with van der Waals surface area (Å²) < 4.78 is 28.2. The van der Waals surface area contributed by atoms with Crippen LogP contribution >= 0.6 is 0 Å². The Morgan fingerprint density at radius 1 is 1.00 bits per heavy atom. The van der Waals surface area contributed by atoms with Gasteiger partial charge in [-0.05, 0) is 50.6 Å². The summed E-state index contributed by atoms with van der Waals surface area (Å²) in [5, 5.41) is 3.40. The first-order valence-corrected chi connectivity index (χ1v) is 9.45. The van der Waals surface area contributed by atoms with Gasteiger partial charge >= 0.3 is 0 Å². The van der Waals surface area contributed by atoms with E-state index in [2.05, 4.69) is 5.32 Å². The lowest BCUT2D eigenvalue weighted by molar-refractivity contribution is 0.171. The molecule has 1 N–H and O–H groups in total. The standard InChI is InChI=1S/C14H29N3O2S/c1-3-16(4-2)20(18,19)17-11-7-14(8-12-17)13-5-9-15-10-6-13/h13-15H,3-12H2,1-2H3. The van der Waals surface area contributed by atoms with Crippen LogP contribution in [0.5, 0.6) is 0 Å². The molecule has 118 valence electrons. The lowest BCUT2D eigenvalue weighted by Crippen LogP contribution is -2.48. The first-order chi connectivity index (χ1) is 9.59. The minimum absolute atomic E-state index is 0.563. The zero-order valence-corrected chi connectivity index (χ0v) is 13.7. The number of hydrogen-bond donors (Lipinski definition) is 1. The molecule has 0 bridgehead atoms. The minimum Gasteiger partial charge on any atom is -0.317 e.